The number of halogens is 3. The summed E-state index contributed by atoms with van der Waals surface area (Å²) in [6.45, 7) is 3.31. The van der Waals surface area contributed by atoms with E-state index in [0.29, 0.717) is 6.42 Å². The molecule has 1 N–H and O–H groups in total. The summed E-state index contributed by atoms with van der Waals surface area (Å²) < 4.78 is 28.8. The predicted molar refractivity (Wildman–Crippen MR) is 78.1 cm³/mol. The summed E-state index contributed by atoms with van der Waals surface area (Å²) in [7, 11) is 0. The maximum Gasteiger partial charge on any atom is 0.261 e. The predicted octanol–water partition coefficient (Wildman–Crippen LogP) is 3.87. The van der Waals surface area contributed by atoms with Crippen molar-refractivity contribution in [3.05, 3.63) is 29.3 Å². The van der Waals surface area contributed by atoms with Gasteiger partial charge in [0.2, 0.25) is 5.91 Å². The van der Waals surface area contributed by atoms with Gasteiger partial charge in [0.1, 0.15) is 6.61 Å². The van der Waals surface area contributed by atoms with Crippen LogP contribution in [-0.2, 0) is 14.9 Å². The zero-order valence-electron chi connectivity index (χ0n) is 12.0. The van der Waals surface area contributed by atoms with Gasteiger partial charge in [-0.15, -0.1) is 11.6 Å². The van der Waals surface area contributed by atoms with Crippen LogP contribution in [0.15, 0.2) is 18.2 Å². The van der Waals surface area contributed by atoms with Gasteiger partial charge in [-0.3, -0.25) is 4.79 Å². The minimum Gasteiger partial charge on any atom is -0.375 e. The average molecular weight is 318 g/mol. The molecule has 1 unspecified atom stereocenters. The maximum absolute atomic E-state index is 12.0. The molecule has 1 amide bonds. The number of hydrogen-bond acceptors (Lipinski definition) is 2. The number of amides is 1. The number of nitrogens with one attached hydrogen (secondary N) is 1. The van der Waals surface area contributed by atoms with E-state index in [4.69, 9.17) is 16.3 Å². The molecule has 0 saturated carbocycles. The van der Waals surface area contributed by atoms with Crippen molar-refractivity contribution in [1.29, 1.82) is 0 Å². The van der Waals surface area contributed by atoms with Crippen molar-refractivity contribution in [1.82, 2.24) is 0 Å². The number of fused-ring (bicyclic) bond motifs is 1. The lowest BCUT2D eigenvalue weighted by molar-refractivity contribution is -0.119. The Kier molecular flexibility index (Phi) is 4.84. The molecule has 1 aliphatic rings. The van der Waals surface area contributed by atoms with Crippen LogP contribution in [-0.4, -0.2) is 25.5 Å². The van der Waals surface area contributed by atoms with E-state index in [1.54, 1.807) is 0 Å². The number of ether oxygens (including phenoxy) is 1. The third-order valence-corrected chi connectivity index (χ3v) is 4.12. The van der Waals surface area contributed by atoms with Crippen molar-refractivity contribution < 1.29 is 18.3 Å². The van der Waals surface area contributed by atoms with Crippen LogP contribution in [0.3, 0.4) is 0 Å². The van der Waals surface area contributed by atoms with E-state index >= 15 is 0 Å². The fraction of sp³-hybridized carbons (Fsp3) is 0.533. The SMILES string of the molecule is CC1(C)C(=O)Nc2ccc(C(Cl)CCOCC(F)F)cc21. The van der Waals surface area contributed by atoms with E-state index in [-0.39, 0.29) is 17.9 Å². The van der Waals surface area contributed by atoms with Crippen LogP contribution in [0.2, 0.25) is 0 Å². The molecule has 0 bridgehead atoms. The van der Waals surface area contributed by atoms with Crippen LogP contribution in [0.25, 0.3) is 0 Å². The largest absolute Gasteiger partial charge is 0.375 e. The Morgan fingerprint density at radius 2 is 2.10 bits per heavy atom. The molecule has 6 heteroatoms. The summed E-state index contributed by atoms with van der Waals surface area (Å²) in [5.41, 5.74) is 1.98. The first-order valence-corrected chi connectivity index (χ1v) is 7.22. The summed E-state index contributed by atoms with van der Waals surface area (Å²) in [4.78, 5) is 11.9. The van der Waals surface area contributed by atoms with Crippen LogP contribution in [0, 0.1) is 0 Å². The molecule has 0 aromatic heterocycles. The smallest absolute Gasteiger partial charge is 0.261 e. The van der Waals surface area contributed by atoms with Gasteiger partial charge in [0.15, 0.2) is 0 Å². The van der Waals surface area contributed by atoms with Gasteiger partial charge in [0.05, 0.1) is 10.8 Å². The first-order valence-electron chi connectivity index (χ1n) is 6.78. The lowest BCUT2D eigenvalue weighted by Gasteiger charge is -2.17. The van der Waals surface area contributed by atoms with Gasteiger partial charge >= 0.3 is 0 Å². The van der Waals surface area contributed by atoms with Crippen LogP contribution < -0.4 is 5.32 Å². The zero-order valence-corrected chi connectivity index (χ0v) is 12.7. The normalized spacial score (nSPS) is 17.7. The number of benzene rings is 1. The second kappa shape index (κ2) is 6.28. The van der Waals surface area contributed by atoms with Gasteiger partial charge in [-0.2, -0.15) is 0 Å². The molecule has 0 fully saturated rings. The number of hydrogen-bond donors (Lipinski definition) is 1. The number of carbonyl (C=O) groups excluding carboxylic acids is 1. The first kappa shape index (κ1) is 16.2. The van der Waals surface area contributed by atoms with Gasteiger partial charge in [0.25, 0.3) is 6.43 Å². The highest BCUT2D eigenvalue weighted by atomic mass is 35.5. The van der Waals surface area contributed by atoms with E-state index in [1.165, 1.54) is 0 Å². The highest BCUT2D eigenvalue weighted by molar-refractivity contribution is 6.20. The second-order valence-corrected chi connectivity index (χ2v) is 6.13. The minimum absolute atomic E-state index is 0.0407. The van der Waals surface area contributed by atoms with Crippen LogP contribution in [0.1, 0.15) is 36.8 Å². The van der Waals surface area contributed by atoms with E-state index in [1.807, 2.05) is 32.0 Å². The van der Waals surface area contributed by atoms with Gasteiger partial charge in [-0.05, 0) is 37.5 Å². The van der Waals surface area contributed by atoms with Crippen molar-refractivity contribution in [2.24, 2.45) is 0 Å². The van der Waals surface area contributed by atoms with Gasteiger partial charge in [-0.25, -0.2) is 8.78 Å². The molecule has 3 nitrogen and oxygen atoms in total. The van der Waals surface area contributed by atoms with E-state index in [0.717, 1.165) is 16.8 Å². The molecule has 0 saturated heterocycles. The Bertz CT molecular complexity index is 534. The summed E-state index contributed by atoms with van der Waals surface area (Å²) >= 11 is 6.28. The molecule has 1 aliphatic heterocycles. The molecule has 1 aromatic rings. The number of anilines is 1. The highest BCUT2D eigenvalue weighted by Crippen LogP contribution is 2.39. The van der Waals surface area contributed by atoms with Gasteiger partial charge in [-0.1, -0.05) is 12.1 Å². The summed E-state index contributed by atoms with van der Waals surface area (Å²) in [6, 6.07) is 5.57. The monoisotopic (exact) mass is 317 g/mol. The fourth-order valence-electron chi connectivity index (χ4n) is 2.31. The molecule has 1 atom stereocenters. The van der Waals surface area contributed by atoms with E-state index in [9.17, 15) is 13.6 Å². The van der Waals surface area contributed by atoms with Gasteiger partial charge < -0.3 is 10.1 Å². The number of alkyl halides is 3. The number of carbonyl (C=O) groups is 1. The van der Waals surface area contributed by atoms with Crippen molar-refractivity contribution >= 4 is 23.2 Å². The summed E-state index contributed by atoms with van der Waals surface area (Å²) in [5.74, 6) is -0.0407. The van der Waals surface area contributed by atoms with Crippen LogP contribution in [0.4, 0.5) is 14.5 Å². The molecular weight excluding hydrogens is 300 g/mol. The number of rotatable bonds is 6. The Morgan fingerprint density at radius 3 is 2.76 bits per heavy atom. The molecule has 0 spiro atoms. The molecule has 0 aliphatic carbocycles. The molecular formula is C15H18ClF2NO2. The summed E-state index contributed by atoms with van der Waals surface area (Å²) in [6.07, 6.45) is -2.02. The van der Waals surface area contributed by atoms with Crippen LogP contribution >= 0.6 is 11.6 Å². The Morgan fingerprint density at radius 1 is 1.38 bits per heavy atom. The fourth-order valence-corrected chi connectivity index (χ4v) is 2.53. The molecule has 116 valence electrons. The lowest BCUT2D eigenvalue weighted by atomic mass is 9.85. The molecule has 1 aromatic carbocycles. The third kappa shape index (κ3) is 3.52. The second-order valence-electron chi connectivity index (χ2n) is 5.61. The quantitative estimate of drug-likeness (QED) is 0.639. The zero-order chi connectivity index (χ0) is 15.6. The maximum atomic E-state index is 12.0. The Hall–Kier alpha value is -1.20. The van der Waals surface area contributed by atoms with Crippen molar-refractivity contribution in [2.75, 3.05) is 18.5 Å². The minimum atomic E-state index is -2.46. The average Bonchev–Trinajstić information content (AvgIpc) is 2.64. The molecule has 0 radical (unpaired) electrons. The Labute approximate surface area is 127 Å². The van der Waals surface area contributed by atoms with Crippen molar-refractivity contribution in [2.45, 2.75) is 37.5 Å². The molecule has 1 heterocycles. The molecule has 21 heavy (non-hydrogen) atoms. The Balaban J connectivity index is 2.02. The van der Waals surface area contributed by atoms with Crippen LogP contribution in [0.5, 0.6) is 0 Å². The van der Waals surface area contributed by atoms with Crippen molar-refractivity contribution in [3.63, 3.8) is 0 Å². The van der Waals surface area contributed by atoms with E-state index in [2.05, 4.69) is 5.32 Å². The van der Waals surface area contributed by atoms with E-state index < -0.39 is 18.4 Å². The topological polar surface area (TPSA) is 38.3 Å². The first-order chi connectivity index (χ1) is 9.82. The molecule has 2 rings (SSSR count). The van der Waals surface area contributed by atoms with Gasteiger partial charge in [0, 0.05) is 12.3 Å². The highest BCUT2D eigenvalue weighted by Gasteiger charge is 2.38. The third-order valence-electron chi connectivity index (χ3n) is 3.65. The summed E-state index contributed by atoms with van der Waals surface area (Å²) in [5, 5.41) is 2.49. The standard InChI is InChI=1S/C15H18ClF2NO2/c1-15(2)10-7-9(3-4-12(10)19-14(15)20)11(16)5-6-21-8-13(17)18/h3-4,7,11,13H,5-6,8H2,1-2H3,(H,19,20). The lowest BCUT2D eigenvalue weighted by Crippen LogP contribution is -2.26. The van der Waals surface area contributed by atoms with Crippen molar-refractivity contribution in [3.8, 4) is 0 Å².